The molecule has 0 unspecified atom stereocenters. The summed E-state index contributed by atoms with van der Waals surface area (Å²) >= 11 is 0. The van der Waals surface area contributed by atoms with Gasteiger partial charge in [-0.3, -0.25) is 4.79 Å². The Bertz CT molecular complexity index is 1130. The van der Waals surface area contributed by atoms with Gasteiger partial charge >= 0.3 is 0 Å². The van der Waals surface area contributed by atoms with Crippen molar-refractivity contribution in [1.82, 2.24) is 4.90 Å². The molecule has 162 valence electrons. The number of carbonyl (C=O) groups excluding carboxylic acids is 1. The van der Waals surface area contributed by atoms with E-state index in [0.29, 0.717) is 11.4 Å². The lowest BCUT2D eigenvalue weighted by molar-refractivity contribution is -0.120. The molecule has 5 heteroatoms. The number of aryl methyl sites for hydroxylation is 1. The first-order valence-electron chi connectivity index (χ1n) is 10.7. The minimum atomic E-state index is -0.831. The Morgan fingerprint density at radius 3 is 2.45 bits per heavy atom. The van der Waals surface area contributed by atoms with Gasteiger partial charge in [0.2, 0.25) is 5.91 Å². The van der Waals surface area contributed by atoms with Gasteiger partial charge in [0.05, 0.1) is 5.41 Å². The largest absolute Gasteiger partial charge is 0.368 e. The zero-order chi connectivity index (χ0) is 22.3. The van der Waals surface area contributed by atoms with Crippen LogP contribution in [0.1, 0.15) is 25.0 Å². The van der Waals surface area contributed by atoms with E-state index >= 15 is 0 Å². The van der Waals surface area contributed by atoms with Crippen LogP contribution in [0.5, 0.6) is 0 Å². The summed E-state index contributed by atoms with van der Waals surface area (Å²) < 4.78 is 14.3. The number of likely N-dealkylation sites (N-methyl/N-ethyl adjacent to an activating group) is 1. The highest BCUT2D eigenvalue weighted by Crippen LogP contribution is 2.34. The molecular weight excluding hydrogens is 389 g/mol. The summed E-state index contributed by atoms with van der Waals surface area (Å²) in [6.07, 6.45) is 0. The van der Waals surface area contributed by atoms with Crippen LogP contribution in [-0.4, -0.2) is 44.0 Å². The molecule has 0 saturated carbocycles. The Balaban J connectivity index is 1.60. The second kappa shape index (κ2) is 7.97. The Labute approximate surface area is 183 Å². The van der Waals surface area contributed by atoms with Crippen LogP contribution >= 0.6 is 0 Å². The zero-order valence-electron chi connectivity index (χ0n) is 18.9. The maximum Gasteiger partial charge on any atom is 0.234 e. The molecule has 1 amide bonds. The summed E-state index contributed by atoms with van der Waals surface area (Å²) in [7, 11) is 4.20. The molecular formula is C26H30FN3O. The Kier molecular flexibility index (Phi) is 5.48. The normalized spacial score (nSPS) is 14.7. The van der Waals surface area contributed by atoms with E-state index < -0.39 is 5.41 Å². The summed E-state index contributed by atoms with van der Waals surface area (Å²) in [5, 5.41) is 4.44. The fourth-order valence-corrected chi connectivity index (χ4v) is 4.15. The molecule has 0 spiro atoms. The van der Waals surface area contributed by atoms with Gasteiger partial charge in [0.1, 0.15) is 5.82 Å². The van der Waals surface area contributed by atoms with E-state index in [4.69, 9.17) is 0 Å². The van der Waals surface area contributed by atoms with Crippen LogP contribution < -0.4 is 10.2 Å². The average molecular weight is 420 g/mol. The summed E-state index contributed by atoms with van der Waals surface area (Å²) in [5.41, 5.74) is 2.93. The quantitative estimate of drug-likeness (QED) is 0.635. The number of nitrogens with zero attached hydrogens (tertiary/aromatic N) is 2. The van der Waals surface area contributed by atoms with Gasteiger partial charge in [0.15, 0.2) is 0 Å². The van der Waals surface area contributed by atoms with Gasteiger partial charge in [-0.2, -0.15) is 0 Å². The first-order chi connectivity index (χ1) is 14.7. The SMILES string of the molecule is Cc1ccc(N2CC(N(C)C)C2)cc1NC(=O)C(C)(C)c1cccc2c(F)cccc12. The number of carbonyl (C=O) groups is 1. The van der Waals surface area contributed by atoms with Crippen LogP contribution in [0.15, 0.2) is 54.6 Å². The van der Waals surface area contributed by atoms with Gasteiger partial charge < -0.3 is 15.1 Å². The van der Waals surface area contributed by atoms with Gasteiger partial charge in [-0.05, 0) is 69.6 Å². The molecule has 3 aromatic rings. The fourth-order valence-electron chi connectivity index (χ4n) is 4.15. The molecule has 1 saturated heterocycles. The van der Waals surface area contributed by atoms with Crippen molar-refractivity contribution < 1.29 is 9.18 Å². The molecule has 0 bridgehead atoms. The minimum Gasteiger partial charge on any atom is -0.368 e. The second-order valence-electron chi connectivity index (χ2n) is 9.24. The van der Waals surface area contributed by atoms with Gasteiger partial charge in [0.25, 0.3) is 0 Å². The van der Waals surface area contributed by atoms with E-state index in [0.717, 1.165) is 41.0 Å². The van der Waals surface area contributed by atoms with E-state index in [2.05, 4.69) is 41.3 Å². The van der Waals surface area contributed by atoms with Crippen LogP contribution in [0.2, 0.25) is 0 Å². The number of benzene rings is 3. The third-order valence-corrected chi connectivity index (χ3v) is 6.54. The lowest BCUT2D eigenvalue weighted by Crippen LogP contribution is -2.57. The van der Waals surface area contributed by atoms with Gasteiger partial charge in [-0.15, -0.1) is 0 Å². The second-order valence-corrected chi connectivity index (χ2v) is 9.24. The first-order valence-corrected chi connectivity index (χ1v) is 10.7. The van der Waals surface area contributed by atoms with Crippen molar-refractivity contribution in [3.8, 4) is 0 Å². The highest BCUT2D eigenvalue weighted by Gasteiger charge is 2.33. The van der Waals surface area contributed by atoms with Crippen molar-refractivity contribution in [2.75, 3.05) is 37.4 Å². The molecule has 1 N–H and O–H groups in total. The third kappa shape index (κ3) is 3.90. The summed E-state index contributed by atoms with van der Waals surface area (Å²) in [4.78, 5) is 18.0. The number of fused-ring (bicyclic) bond motifs is 1. The van der Waals surface area contributed by atoms with Crippen molar-refractivity contribution in [2.45, 2.75) is 32.2 Å². The predicted octanol–water partition coefficient (Wildman–Crippen LogP) is 4.95. The number of hydrogen-bond donors (Lipinski definition) is 1. The van der Waals surface area contributed by atoms with Crippen LogP contribution in [0.3, 0.4) is 0 Å². The Hall–Kier alpha value is -2.92. The lowest BCUT2D eigenvalue weighted by Gasteiger charge is -2.44. The van der Waals surface area contributed by atoms with E-state index in [1.165, 1.54) is 6.07 Å². The molecule has 3 aromatic carbocycles. The molecule has 1 heterocycles. The maximum atomic E-state index is 14.3. The molecule has 1 aliphatic rings. The molecule has 4 rings (SSSR count). The third-order valence-electron chi connectivity index (χ3n) is 6.54. The number of hydrogen-bond acceptors (Lipinski definition) is 3. The highest BCUT2D eigenvalue weighted by atomic mass is 19.1. The average Bonchev–Trinajstić information content (AvgIpc) is 2.68. The van der Waals surface area contributed by atoms with Crippen molar-refractivity contribution >= 4 is 28.1 Å². The summed E-state index contributed by atoms with van der Waals surface area (Å²) in [5.74, 6) is -0.385. The van der Waals surface area contributed by atoms with Crippen molar-refractivity contribution in [2.24, 2.45) is 0 Å². The van der Waals surface area contributed by atoms with Crippen molar-refractivity contribution in [3.63, 3.8) is 0 Å². The minimum absolute atomic E-state index is 0.112. The van der Waals surface area contributed by atoms with Crippen LogP contribution in [0.4, 0.5) is 15.8 Å². The standard InChI is InChI=1S/C26H30FN3O/c1-17-12-13-18(30-15-19(16-30)29(4)5)14-24(17)28-25(31)26(2,3)22-10-6-9-21-20(22)8-7-11-23(21)27/h6-14,19H,15-16H2,1-5H3,(H,28,31). The number of halogens is 1. The molecule has 0 aromatic heterocycles. The molecule has 31 heavy (non-hydrogen) atoms. The first kappa shape index (κ1) is 21.3. The summed E-state index contributed by atoms with van der Waals surface area (Å²) in [6, 6.07) is 17.3. The highest BCUT2D eigenvalue weighted by molar-refractivity contribution is 6.02. The van der Waals surface area contributed by atoms with E-state index in [1.807, 2.05) is 45.0 Å². The van der Waals surface area contributed by atoms with E-state index in [1.54, 1.807) is 12.1 Å². The Morgan fingerprint density at radius 1 is 1.06 bits per heavy atom. The van der Waals surface area contributed by atoms with Gasteiger partial charge in [0, 0.05) is 35.9 Å². The van der Waals surface area contributed by atoms with Gasteiger partial charge in [-0.1, -0.05) is 36.4 Å². The topological polar surface area (TPSA) is 35.6 Å². The molecule has 0 radical (unpaired) electrons. The Morgan fingerprint density at radius 2 is 1.74 bits per heavy atom. The number of amides is 1. The van der Waals surface area contributed by atoms with Gasteiger partial charge in [-0.25, -0.2) is 4.39 Å². The fraction of sp³-hybridized carbons (Fsp3) is 0.346. The van der Waals surface area contributed by atoms with Crippen molar-refractivity contribution in [3.05, 3.63) is 71.5 Å². The van der Waals surface area contributed by atoms with Crippen LogP contribution in [0.25, 0.3) is 10.8 Å². The number of rotatable bonds is 5. The monoisotopic (exact) mass is 419 g/mol. The van der Waals surface area contributed by atoms with Crippen molar-refractivity contribution in [1.29, 1.82) is 0 Å². The smallest absolute Gasteiger partial charge is 0.234 e. The maximum absolute atomic E-state index is 14.3. The molecule has 1 aliphatic heterocycles. The molecule has 4 nitrogen and oxygen atoms in total. The van der Waals surface area contributed by atoms with Crippen LogP contribution in [0, 0.1) is 12.7 Å². The predicted molar refractivity (Wildman–Crippen MR) is 126 cm³/mol. The lowest BCUT2D eigenvalue weighted by atomic mass is 9.80. The molecule has 1 fully saturated rings. The number of anilines is 2. The van der Waals surface area contributed by atoms with E-state index in [9.17, 15) is 9.18 Å². The van der Waals surface area contributed by atoms with Crippen LogP contribution in [-0.2, 0) is 10.2 Å². The van der Waals surface area contributed by atoms with E-state index in [-0.39, 0.29) is 11.7 Å². The zero-order valence-corrected chi connectivity index (χ0v) is 18.9. The number of nitrogens with one attached hydrogen (secondary N) is 1. The summed E-state index contributed by atoms with van der Waals surface area (Å²) in [6.45, 7) is 7.74. The molecule has 0 aliphatic carbocycles. The molecule has 0 atom stereocenters.